The van der Waals surface area contributed by atoms with Crippen molar-refractivity contribution < 1.29 is 18.0 Å². The number of nitrogens with zero attached hydrogens (tertiary/aromatic N) is 1. The smallest absolute Gasteiger partial charge is 0.324 e. The molecule has 0 radical (unpaired) electrons. The number of carbonyl (C=O) groups excluding carboxylic acids is 1. The Kier molecular flexibility index (Phi) is 2.30. The maximum Gasteiger partial charge on any atom is 0.471 e. The van der Waals surface area contributed by atoms with Crippen molar-refractivity contribution >= 4 is 22.9 Å². The molecule has 0 aliphatic carbocycles. The van der Waals surface area contributed by atoms with Crippen molar-refractivity contribution in [3.8, 4) is 0 Å². The van der Waals surface area contributed by atoms with Gasteiger partial charge in [-0.25, -0.2) is 4.98 Å². The highest BCUT2D eigenvalue weighted by molar-refractivity contribution is 5.94. The molecule has 16 heavy (non-hydrogen) atoms. The highest BCUT2D eigenvalue weighted by atomic mass is 19.4. The molecule has 1 aromatic heterocycles. The number of H-pyrrole nitrogens is 1. The van der Waals surface area contributed by atoms with Gasteiger partial charge in [0.1, 0.15) is 0 Å². The average Bonchev–Trinajstić information content (AvgIpc) is 2.58. The van der Waals surface area contributed by atoms with Crippen molar-refractivity contribution in [1.29, 1.82) is 0 Å². The summed E-state index contributed by atoms with van der Waals surface area (Å²) >= 11 is 0. The number of fused-ring (bicyclic) bond motifs is 1. The Bertz CT molecular complexity index is 499. The second-order valence-corrected chi connectivity index (χ2v) is 3.05. The van der Waals surface area contributed by atoms with Gasteiger partial charge in [0.25, 0.3) is 0 Å². The summed E-state index contributed by atoms with van der Waals surface area (Å²) in [4.78, 5) is 16.9. The first-order chi connectivity index (χ1) is 7.47. The largest absolute Gasteiger partial charge is 0.471 e. The molecule has 84 valence electrons. The van der Waals surface area contributed by atoms with Gasteiger partial charge in [-0.2, -0.15) is 13.2 Å². The zero-order valence-corrected chi connectivity index (χ0v) is 7.80. The Morgan fingerprint density at radius 3 is 2.62 bits per heavy atom. The topological polar surface area (TPSA) is 57.8 Å². The van der Waals surface area contributed by atoms with E-state index in [1.165, 1.54) is 0 Å². The summed E-state index contributed by atoms with van der Waals surface area (Å²) in [6.07, 6.45) is -4.92. The van der Waals surface area contributed by atoms with Gasteiger partial charge in [-0.1, -0.05) is 12.1 Å². The number of imidazole rings is 1. The molecular weight excluding hydrogens is 223 g/mol. The van der Waals surface area contributed by atoms with Gasteiger partial charge in [-0.05, 0) is 12.1 Å². The molecule has 2 rings (SSSR count). The summed E-state index contributed by atoms with van der Waals surface area (Å²) in [6, 6.07) is 6.66. The third kappa shape index (κ3) is 1.97. The minimum absolute atomic E-state index is 0.219. The first-order valence-corrected chi connectivity index (χ1v) is 4.30. The molecule has 0 aliphatic rings. The SMILES string of the molecule is O=C(Nc1nc2ccccc2[nH]1)C(F)(F)F. The van der Waals surface area contributed by atoms with Gasteiger partial charge in [0.15, 0.2) is 0 Å². The van der Waals surface area contributed by atoms with E-state index in [-0.39, 0.29) is 5.95 Å². The molecule has 1 amide bonds. The Morgan fingerprint density at radius 2 is 2.00 bits per heavy atom. The van der Waals surface area contributed by atoms with Crippen molar-refractivity contribution in [2.24, 2.45) is 0 Å². The van der Waals surface area contributed by atoms with Crippen LogP contribution in [-0.4, -0.2) is 22.1 Å². The van der Waals surface area contributed by atoms with Crippen LogP contribution in [-0.2, 0) is 4.79 Å². The van der Waals surface area contributed by atoms with E-state index in [9.17, 15) is 18.0 Å². The number of benzene rings is 1. The molecule has 0 aliphatic heterocycles. The number of alkyl halides is 3. The minimum atomic E-state index is -4.92. The monoisotopic (exact) mass is 229 g/mol. The molecule has 7 heteroatoms. The first-order valence-electron chi connectivity index (χ1n) is 4.30. The number of carbonyl (C=O) groups is 1. The maximum atomic E-state index is 11.9. The molecule has 2 aromatic rings. The van der Waals surface area contributed by atoms with Gasteiger partial charge in [0.2, 0.25) is 5.95 Å². The molecule has 4 nitrogen and oxygen atoms in total. The molecular formula is C9H6F3N3O. The molecule has 0 unspecified atom stereocenters. The Morgan fingerprint density at radius 1 is 1.31 bits per heavy atom. The van der Waals surface area contributed by atoms with Crippen molar-refractivity contribution in [2.75, 3.05) is 5.32 Å². The zero-order chi connectivity index (χ0) is 11.8. The number of aromatic nitrogens is 2. The van der Waals surface area contributed by atoms with Gasteiger partial charge in [0.05, 0.1) is 11.0 Å². The highest BCUT2D eigenvalue weighted by Crippen LogP contribution is 2.18. The van der Waals surface area contributed by atoms with Crippen LogP contribution in [0.5, 0.6) is 0 Å². The second kappa shape index (κ2) is 3.51. The predicted octanol–water partition coefficient (Wildman–Crippen LogP) is 2.06. The maximum absolute atomic E-state index is 11.9. The van der Waals surface area contributed by atoms with Gasteiger partial charge in [0, 0.05) is 0 Å². The summed E-state index contributed by atoms with van der Waals surface area (Å²) in [6.45, 7) is 0. The summed E-state index contributed by atoms with van der Waals surface area (Å²) in [7, 11) is 0. The third-order valence-electron chi connectivity index (χ3n) is 1.88. The molecule has 1 aromatic carbocycles. The van der Waals surface area contributed by atoms with E-state index in [0.29, 0.717) is 11.0 Å². The quantitative estimate of drug-likeness (QED) is 0.786. The van der Waals surface area contributed by atoms with Crippen LogP contribution in [0, 0.1) is 0 Å². The Labute approximate surface area is 87.5 Å². The van der Waals surface area contributed by atoms with Crippen LogP contribution in [0.2, 0.25) is 0 Å². The fraction of sp³-hybridized carbons (Fsp3) is 0.111. The molecule has 0 spiro atoms. The normalized spacial score (nSPS) is 11.7. The van der Waals surface area contributed by atoms with E-state index in [1.54, 1.807) is 29.6 Å². The van der Waals surface area contributed by atoms with Crippen LogP contribution >= 0.6 is 0 Å². The third-order valence-corrected chi connectivity index (χ3v) is 1.88. The van der Waals surface area contributed by atoms with Gasteiger partial charge in [-0.3, -0.25) is 10.1 Å². The molecule has 0 fully saturated rings. The molecule has 1 heterocycles. The summed E-state index contributed by atoms with van der Waals surface area (Å²) in [5, 5.41) is 1.64. The lowest BCUT2D eigenvalue weighted by Gasteiger charge is -2.04. The van der Waals surface area contributed by atoms with E-state index in [2.05, 4.69) is 9.97 Å². The molecule has 0 bridgehead atoms. The number of amides is 1. The molecule has 0 saturated heterocycles. The highest BCUT2D eigenvalue weighted by Gasteiger charge is 2.39. The molecule has 0 saturated carbocycles. The first kappa shape index (κ1) is 10.5. The number of anilines is 1. The lowest BCUT2D eigenvalue weighted by atomic mass is 10.3. The predicted molar refractivity (Wildman–Crippen MR) is 50.8 cm³/mol. The standard InChI is InChI=1S/C9H6F3N3O/c10-9(11,12)7(16)15-8-13-5-3-1-2-4-6(5)14-8/h1-4H,(H2,13,14,15,16). The Balaban J connectivity index is 2.25. The minimum Gasteiger partial charge on any atom is -0.324 e. The fourth-order valence-electron chi connectivity index (χ4n) is 1.19. The number of nitrogens with one attached hydrogen (secondary N) is 2. The van der Waals surface area contributed by atoms with Gasteiger partial charge >= 0.3 is 12.1 Å². The number of rotatable bonds is 1. The van der Waals surface area contributed by atoms with E-state index in [1.807, 2.05) is 0 Å². The second-order valence-electron chi connectivity index (χ2n) is 3.05. The van der Waals surface area contributed by atoms with Crippen molar-refractivity contribution in [1.82, 2.24) is 9.97 Å². The number of para-hydroxylation sites is 2. The van der Waals surface area contributed by atoms with Crippen LogP contribution in [0.1, 0.15) is 0 Å². The zero-order valence-electron chi connectivity index (χ0n) is 7.80. The summed E-state index contributed by atoms with van der Waals surface area (Å²) in [5.41, 5.74) is 1.04. The van der Waals surface area contributed by atoms with E-state index < -0.39 is 12.1 Å². The summed E-state index contributed by atoms with van der Waals surface area (Å²) in [5.74, 6) is -2.27. The van der Waals surface area contributed by atoms with Crippen LogP contribution in [0.3, 0.4) is 0 Å². The number of halogens is 3. The van der Waals surface area contributed by atoms with Crippen LogP contribution in [0.25, 0.3) is 11.0 Å². The number of hydrogen-bond donors (Lipinski definition) is 2. The van der Waals surface area contributed by atoms with Gasteiger partial charge < -0.3 is 4.98 Å². The van der Waals surface area contributed by atoms with E-state index in [0.717, 1.165) is 0 Å². The van der Waals surface area contributed by atoms with Crippen molar-refractivity contribution in [2.45, 2.75) is 6.18 Å². The van der Waals surface area contributed by atoms with Crippen molar-refractivity contribution in [3.05, 3.63) is 24.3 Å². The molecule has 0 atom stereocenters. The lowest BCUT2D eigenvalue weighted by Crippen LogP contribution is -2.30. The van der Waals surface area contributed by atoms with Crippen LogP contribution in [0.4, 0.5) is 19.1 Å². The number of hydrogen-bond acceptors (Lipinski definition) is 2. The van der Waals surface area contributed by atoms with E-state index >= 15 is 0 Å². The fourth-order valence-corrected chi connectivity index (χ4v) is 1.19. The molecule has 2 N–H and O–H groups in total. The van der Waals surface area contributed by atoms with Crippen LogP contribution in [0.15, 0.2) is 24.3 Å². The summed E-state index contributed by atoms with van der Waals surface area (Å²) < 4.78 is 35.8. The van der Waals surface area contributed by atoms with Crippen molar-refractivity contribution in [3.63, 3.8) is 0 Å². The van der Waals surface area contributed by atoms with E-state index in [4.69, 9.17) is 0 Å². The van der Waals surface area contributed by atoms with Crippen LogP contribution < -0.4 is 5.32 Å². The average molecular weight is 229 g/mol. The van der Waals surface area contributed by atoms with Gasteiger partial charge in [-0.15, -0.1) is 0 Å². The number of aromatic amines is 1. The lowest BCUT2D eigenvalue weighted by molar-refractivity contribution is -0.167. The Hall–Kier alpha value is -2.05.